The highest BCUT2D eigenvalue weighted by atomic mass is 32.1. The Morgan fingerprint density at radius 3 is 2.96 bits per heavy atom. The van der Waals surface area contributed by atoms with Gasteiger partial charge in [0.25, 0.3) is 0 Å². The van der Waals surface area contributed by atoms with Gasteiger partial charge in [-0.3, -0.25) is 0 Å². The van der Waals surface area contributed by atoms with Crippen molar-refractivity contribution in [1.29, 1.82) is 0 Å². The molecular formula is C19H25NO3S. The molecule has 0 amide bonds. The van der Waals surface area contributed by atoms with Gasteiger partial charge in [0.2, 0.25) is 0 Å². The quantitative estimate of drug-likeness (QED) is 0.744. The summed E-state index contributed by atoms with van der Waals surface area (Å²) in [7, 11) is 0. The van der Waals surface area contributed by atoms with Crippen LogP contribution in [0.15, 0.2) is 35.7 Å². The van der Waals surface area contributed by atoms with E-state index in [0.717, 1.165) is 37.6 Å². The van der Waals surface area contributed by atoms with Gasteiger partial charge >= 0.3 is 0 Å². The Morgan fingerprint density at radius 2 is 2.21 bits per heavy atom. The van der Waals surface area contributed by atoms with Crippen molar-refractivity contribution in [3.63, 3.8) is 0 Å². The van der Waals surface area contributed by atoms with Crippen molar-refractivity contribution in [2.75, 3.05) is 19.8 Å². The van der Waals surface area contributed by atoms with Crippen LogP contribution in [0.2, 0.25) is 0 Å². The van der Waals surface area contributed by atoms with Crippen molar-refractivity contribution in [3.05, 3.63) is 46.2 Å². The third kappa shape index (κ3) is 4.97. The van der Waals surface area contributed by atoms with Crippen molar-refractivity contribution in [2.45, 2.75) is 39.0 Å². The highest BCUT2D eigenvalue weighted by Crippen LogP contribution is 2.29. The van der Waals surface area contributed by atoms with Gasteiger partial charge in [0, 0.05) is 24.6 Å². The summed E-state index contributed by atoms with van der Waals surface area (Å²) in [6.45, 7) is 5.81. The fourth-order valence-electron chi connectivity index (χ4n) is 2.78. The molecule has 130 valence electrons. The normalized spacial score (nSPS) is 17.1. The molecule has 4 nitrogen and oxygen atoms in total. The van der Waals surface area contributed by atoms with Gasteiger partial charge in [-0.2, -0.15) is 0 Å². The first-order valence-corrected chi connectivity index (χ1v) is 9.46. The zero-order valence-electron chi connectivity index (χ0n) is 14.1. The minimum absolute atomic E-state index is 0.366. The second-order valence-electron chi connectivity index (χ2n) is 5.85. The minimum atomic E-state index is 0.366. The Hall–Kier alpha value is -1.56. The predicted molar refractivity (Wildman–Crippen MR) is 96.9 cm³/mol. The summed E-state index contributed by atoms with van der Waals surface area (Å²) in [5.41, 5.74) is 1.19. The summed E-state index contributed by atoms with van der Waals surface area (Å²) in [5, 5.41) is 5.53. The van der Waals surface area contributed by atoms with E-state index in [1.807, 2.05) is 19.1 Å². The number of ether oxygens (including phenoxy) is 3. The van der Waals surface area contributed by atoms with Crippen LogP contribution >= 0.6 is 11.3 Å². The number of hydrogen-bond donors (Lipinski definition) is 1. The van der Waals surface area contributed by atoms with Gasteiger partial charge in [0.15, 0.2) is 11.5 Å². The average molecular weight is 347 g/mol. The molecule has 2 heterocycles. The van der Waals surface area contributed by atoms with Crippen LogP contribution in [0.1, 0.15) is 30.2 Å². The molecule has 0 spiro atoms. The van der Waals surface area contributed by atoms with Crippen LogP contribution < -0.4 is 14.8 Å². The summed E-state index contributed by atoms with van der Waals surface area (Å²) >= 11 is 1.70. The van der Waals surface area contributed by atoms with Crippen LogP contribution in [-0.2, 0) is 17.9 Å². The molecule has 0 aliphatic carbocycles. The lowest BCUT2D eigenvalue weighted by Gasteiger charge is -2.14. The molecule has 0 saturated carbocycles. The van der Waals surface area contributed by atoms with Gasteiger partial charge in [-0.05, 0) is 48.9 Å². The molecule has 1 fully saturated rings. The van der Waals surface area contributed by atoms with Crippen LogP contribution in [0.25, 0.3) is 0 Å². The maximum atomic E-state index is 5.92. The second-order valence-corrected chi connectivity index (χ2v) is 6.88. The van der Waals surface area contributed by atoms with Crippen LogP contribution in [-0.4, -0.2) is 25.9 Å². The number of nitrogens with one attached hydrogen (secondary N) is 1. The van der Waals surface area contributed by atoms with E-state index in [1.54, 1.807) is 11.3 Å². The van der Waals surface area contributed by atoms with Gasteiger partial charge < -0.3 is 19.5 Å². The molecule has 0 bridgehead atoms. The van der Waals surface area contributed by atoms with E-state index >= 15 is 0 Å². The summed E-state index contributed by atoms with van der Waals surface area (Å²) in [5.74, 6) is 1.61. The van der Waals surface area contributed by atoms with Crippen molar-refractivity contribution >= 4 is 11.3 Å². The van der Waals surface area contributed by atoms with Crippen LogP contribution in [0.4, 0.5) is 0 Å². The Balaban J connectivity index is 1.56. The fourth-order valence-corrected chi connectivity index (χ4v) is 3.39. The molecule has 1 saturated heterocycles. The third-order valence-electron chi connectivity index (χ3n) is 3.98. The highest BCUT2D eigenvalue weighted by Gasteiger charge is 2.14. The molecule has 1 aliphatic heterocycles. The summed E-state index contributed by atoms with van der Waals surface area (Å²) in [6, 6.07) is 10.3. The van der Waals surface area contributed by atoms with E-state index < -0.39 is 0 Å². The zero-order chi connectivity index (χ0) is 16.6. The number of rotatable bonds is 9. The molecule has 0 radical (unpaired) electrons. The van der Waals surface area contributed by atoms with E-state index in [-0.39, 0.29) is 0 Å². The van der Waals surface area contributed by atoms with E-state index in [1.165, 1.54) is 16.9 Å². The smallest absolute Gasteiger partial charge is 0.161 e. The van der Waals surface area contributed by atoms with Crippen LogP contribution in [0.3, 0.4) is 0 Å². The number of thiophene rings is 1. The Bertz CT molecular complexity index is 609. The zero-order valence-corrected chi connectivity index (χ0v) is 14.9. The van der Waals surface area contributed by atoms with Gasteiger partial charge in [-0.1, -0.05) is 12.1 Å². The molecule has 1 atom stereocenters. The monoisotopic (exact) mass is 347 g/mol. The van der Waals surface area contributed by atoms with Gasteiger partial charge in [-0.25, -0.2) is 0 Å². The fraction of sp³-hybridized carbons (Fsp3) is 0.474. The third-order valence-corrected chi connectivity index (χ3v) is 4.83. The van der Waals surface area contributed by atoms with Gasteiger partial charge in [0.1, 0.15) is 6.61 Å². The first kappa shape index (κ1) is 17.3. The van der Waals surface area contributed by atoms with E-state index in [4.69, 9.17) is 14.2 Å². The largest absolute Gasteiger partial charge is 0.490 e. The van der Waals surface area contributed by atoms with Crippen LogP contribution in [0.5, 0.6) is 11.5 Å². The Labute approximate surface area is 147 Å². The molecule has 3 rings (SSSR count). The lowest BCUT2D eigenvalue weighted by molar-refractivity contribution is 0.110. The number of benzene rings is 1. The first-order chi connectivity index (χ1) is 11.8. The van der Waals surface area contributed by atoms with E-state index in [9.17, 15) is 0 Å². The van der Waals surface area contributed by atoms with Crippen molar-refractivity contribution in [3.8, 4) is 11.5 Å². The summed E-state index contributed by atoms with van der Waals surface area (Å²) < 4.78 is 17.3. The molecule has 1 aliphatic rings. The predicted octanol–water partition coefficient (Wildman–Crippen LogP) is 3.99. The Kier molecular flexibility index (Phi) is 6.52. The standard InChI is InChI=1S/C19H25NO3S/c1-2-21-19-11-15(12-20-13-16-5-3-9-22-16)7-8-18(19)23-14-17-6-4-10-24-17/h4,6-8,10-11,16,20H,2-3,5,9,12-14H2,1H3/t16-/m1/s1. The lowest BCUT2D eigenvalue weighted by Crippen LogP contribution is -2.25. The topological polar surface area (TPSA) is 39.7 Å². The molecule has 2 aromatic rings. The van der Waals surface area contributed by atoms with E-state index in [0.29, 0.717) is 19.3 Å². The number of hydrogen-bond acceptors (Lipinski definition) is 5. The molecule has 1 aromatic heterocycles. The maximum absolute atomic E-state index is 5.92. The summed E-state index contributed by atoms with van der Waals surface area (Å²) in [4.78, 5) is 1.21. The molecule has 1 aromatic carbocycles. The highest BCUT2D eigenvalue weighted by molar-refractivity contribution is 7.09. The van der Waals surface area contributed by atoms with Gasteiger partial charge in [0.05, 0.1) is 12.7 Å². The second kappa shape index (κ2) is 9.06. The van der Waals surface area contributed by atoms with E-state index in [2.05, 4.69) is 28.9 Å². The van der Waals surface area contributed by atoms with Crippen molar-refractivity contribution in [1.82, 2.24) is 5.32 Å². The molecule has 0 unspecified atom stereocenters. The first-order valence-electron chi connectivity index (χ1n) is 8.58. The lowest BCUT2D eigenvalue weighted by atomic mass is 10.2. The maximum Gasteiger partial charge on any atom is 0.161 e. The Morgan fingerprint density at radius 1 is 1.25 bits per heavy atom. The summed E-state index contributed by atoms with van der Waals surface area (Å²) in [6.07, 6.45) is 2.70. The molecule has 1 N–H and O–H groups in total. The molecular weight excluding hydrogens is 322 g/mol. The average Bonchev–Trinajstić information content (AvgIpc) is 3.28. The van der Waals surface area contributed by atoms with Crippen LogP contribution in [0, 0.1) is 0 Å². The molecule has 24 heavy (non-hydrogen) atoms. The van der Waals surface area contributed by atoms with Gasteiger partial charge in [-0.15, -0.1) is 11.3 Å². The minimum Gasteiger partial charge on any atom is -0.490 e. The SMILES string of the molecule is CCOc1cc(CNC[C@H]2CCCO2)ccc1OCc1cccs1. The molecule has 5 heteroatoms. The van der Waals surface area contributed by atoms with Crippen molar-refractivity contribution < 1.29 is 14.2 Å². The van der Waals surface area contributed by atoms with Crippen molar-refractivity contribution in [2.24, 2.45) is 0 Å².